The van der Waals surface area contributed by atoms with Gasteiger partial charge in [0.2, 0.25) is 0 Å². The number of aliphatic hydroxyl groups excluding tert-OH is 2. The number of urea groups is 1. The number of aliphatic hydroxyl groups is 2. The van der Waals surface area contributed by atoms with Crippen LogP contribution in [0.1, 0.15) is 89.7 Å². The minimum atomic E-state index is -0.347. The number of nitrogens with zero attached hydrogens (tertiary/aromatic N) is 1. The highest BCUT2D eigenvalue weighted by Crippen LogP contribution is 2.46. The van der Waals surface area contributed by atoms with Crippen molar-refractivity contribution in [3.63, 3.8) is 0 Å². The first-order valence-electron chi connectivity index (χ1n) is 15.9. The highest BCUT2D eigenvalue weighted by molar-refractivity contribution is 5.91. The van der Waals surface area contributed by atoms with Gasteiger partial charge in [-0.1, -0.05) is 27.2 Å². The monoisotopic (exact) mass is 611 g/mol. The average Bonchev–Trinajstić information content (AvgIpc) is 2.97. The van der Waals surface area contributed by atoms with E-state index in [-0.39, 0.29) is 36.6 Å². The predicted molar refractivity (Wildman–Crippen MR) is 169 cm³/mol. The maximum absolute atomic E-state index is 12.6. The standard InChI is InChI=1S/C32H57N3O8/c1-6-7-10-33-31(38)34-29-21-28-26(24-37)23-32(4,5)35(30(28)22-27(29)25(2)3)43-20-19-42-18-16-40-13-9-8-12-39-15-17-41-14-11-36/h21-22,25-26,36-37H,6-20,23-24H2,1-5H3,(H2,33,34,38). The van der Waals surface area contributed by atoms with E-state index in [0.29, 0.717) is 72.4 Å². The Bertz CT molecular complexity index is 915. The molecule has 1 aliphatic heterocycles. The Labute approximate surface area is 258 Å². The molecule has 1 aromatic carbocycles. The minimum Gasteiger partial charge on any atom is -0.396 e. The molecular formula is C32H57N3O8. The van der Waals surface area contributed by atoms with Gasteiger partial charge in [-0.3, -0.25) is 4.84 Å². The molecule has 2 amide bonds. The lowest BCUT2D eigenvalue weighted by Crippen LogP contribution is -2.49. The first kappa shape index (κ1) is 37.2. The molecule has 0 aromatic heterocycles. The summed E-state index contributed by atoms with van der Waals surface area (Å²) in [7, 11) is 0. The van der Waals surface area contributed by atoms with Gasteiger partial charge >= 0.3 is 6.03 Å². The largest absolute Gasteiger partial charge is 0.396 e. The van der Waals surface area contributed by atoms with E-state index in [0.717, 1.165) is 48.2 Å². The van der Waals surface area contributed by atoms with E-state index in [1.54, 1.807) is 0 Å². The molecule has 0 radical (unpaired) electrons. The number of rotatable bonds is 23. The number of ether oxygens (including phenoxy) is 4. The third-order valence-electron chi connectivity index (χ3n) is 7.31. The molecule has 11 nitrogen and oxygen atoms in total. The Hall–Kier alpha value is -1.99. The van der Waals surface area contributed by atoms with Crippen LogP contribution in [0.25, 0.3) is 0 Å². The minimum absolute atomic E-state index is 0.0178. The van der Waals surface area contributed by atoms with E-state index < -0.39 is 0 Å². The van der Waals surface area contributed by atoms with Crippen LogP contribution in [0.4, 0.5) is 16.2 Å². The number of hydroxylamine groups is 1. The zero-order chi connectivity index (χ0) is 31.5. The molecule has 0 saturated heterocycles. The lowest BCUT2D eigenvalue weighted by molar-refractivity contribution is -0.0121. The van der Waals surface area contributed by atoms with Crippen LogP contribution in [-0.4, -0.2) is 101 Å². The third kappa shape index (κ3) is 13.3. The van der Waals surface area contributed by atoms with Gasteiger partial charge < -0.3 is 39.8 Å². The Morgan fingerprint density at radius 3 is 2.12 bits per heavy atom. The van der Waals surface area contributed by atoms with Crippen LogP contribution in [0.5, 0.6) is 0 Å². The van der Waals surface area contributed by atoms with Crippen molar-refractivity contribution in [3.8, 4) is 0 Å². The van der Waals surface area contributed by atoms with Gasteiger partial charge in [-0.15, -0.1) is 0 Å². The summed E-state index contributed by atoms with van der Waals surface area (Å²) in [6.45, 7) is 15.7. The van der Waals surface area contributed by atoms with Crippen LogP contribution in [0.15, 0.2) is 12.1 Å². The fraction of sp³-hybridized carbons (Fsp3) is 0.781. The SMILES string of the molecule is CCCCNC(=O)Nc1cc2c(cc1C(C)C)N(OCCOCCOCCCCOCCOCCO)C(C)(C)CC2CO. The summed E-state index contributed by atoms with van der Waals surface area (Å²) < 4.78 is 22.0. The van der Waals surface area contributed by atoms with Crippen molar-refractivity contribution in [2.75, 3.05) is 89.6 Å². The van der Waals surface area contributed by atoms with Gasteiger partial charge in [-0.05, 0) is 68.7 Å². The Kier molecular flexibility index (Phi) is 18.1. The smallest absolute Gasteiger partial charge is 0.319 e. The maximum Gasteiger partial charge on any atom is 0.319 e. The van der Waals surface area contributed by atoms with E-state index in [2.05, 4.69) is 51.3 Å². The number of fused-ring (bicyclic) bond motifs is 1. The fourth-order valence-corrected chi connectivity index (χ4v) is 5.09. The summed E-state index contributed by atoms with van der Waals surface area (Å²) in [5.41, 5.74) is 3.31. The van der Waals surface area contributed by atoms with Crippen LogP contribution >= 0.6 is 0 Å². The van der Waals surface area contributed by atoms with Crippen molar-refractivity contribution in [3.05, 3.63) is 23.3 Å². The first-order chi connectivity index (χ1) is 20.7. The summed E-state index contributed by atoms with van der Waals surface area (Å²) in [5, 5.41) is 26.8. The fourth-order valence-electron chi connectivity index (χ4n) is 5.09. The predicted octanol–water partition coefficient (Wildman–Crippen LogP) is 4.57. The summed E-state index contributed by atoms with van der Waals surface area (Å²) in [6, 6.07) is 3.88. The zero-order valence-electron chi connectivity index (χ0n) is 27.1. The normalized spacial score (nSPS) is 16.0. The molecule has 2 rings (SSSR count). The van der Waals surface area contributed by atoms with Crippen molar-refractivity contribution in [2.45, 2.75) is 84.1 Å². The highest BCUT2D eigenvalue weighted by Gasteiger charge is 2.40. The number of carbonyl (C=O) groups excluding carboxylic acids is 1. The third-order valence-corrected chi connectivity index (χ3v) is 7.31. The Balaban J connectivity index is 1.84. The van der Waals surface area contributed by atoms with Crippen molar-refractivity contribution in [2.24, 2.45) is 0 Å². The number of hydrogen-bond acceptors (Lipinski definition) is 9. The number of amides is 2. The van der Waals surface area contributed by atoms with Gasteiger partial charge in [0.05, 0.1) is 70.7 Å². The topological polar surface area (TPSA) is 131 Å². The van der Waals surface area contributed by atoms with E-state index >= 15 is 0 Å². The Morgan fingerprint density at radius 1 is 0.930 bits per heavy atom. The summed E-state index contributed by atoms with van der Waals surface area (Å²) in [6.07, 6.45) is 4.48. The maximum atomic E-state index is 12.6. The first-order valence-corrected chi connectivity index (χ1v) is 15.9. The van der Waals surface area contributed by atoms with Crippen LogP contribution < -0.4 is 15.7 Å². The lowest BCUT2D eigenvalue weighted by atomic mass is 9.79. The molecule has 1 atom stereocenters. The number of benzene rings is 1. The van der Waals surface area contributed by atoms with E-state index in [9.17, 15) is 9.90 Å². The lowest BCUT2D eigenvalue weighted by Gasteiger charge is -2.46. The molecule has 4 N–H and O–H groups in total. The van der Waals surface area contributed by atoms with Crippen LogP contribution in [0, 0.1) is 0 Å². The second kappa shape index (κ2) is 20.9. The summed E-state index contributed by atoms with van der Waals surface area (Å²) >= 11 is 0. The van der Waals surface area contributed by atoms with E-state index in [1.165, 1.54) is 0 Å². The van der Waals surface area contributed by atoms with Gasteiger partial charge in [-0.25, -0.2) is 9.86 Å². The summed E-state index contributed by atoms with van der Waals surface area (Å²) in [4.78, 5) is 18.9. The number of hydrogen-bond donors (Lipinski definition) is 4. The van der Waals surface area contributed by atoms with Crippen molar-refractivity contribution < 1.29 is 38.8 Å². The quantitative estimate of drug-likeness (QED) is 0.132. The highest BCUT2D eigenvalue weighted by atomic mass is 16.7. The van der Waals surface area contributed by atoms with Crippen LogP contribution in [-0.2, 0) is 23.8 Å². The van der Waals surface area contributed by atoms with Crippen molar-refractivity contribution >= 4 is 17.4 Å². The molecule has 0 spiro atoms. The number of carbonyl (C=O) groups is 1. The molecule has 0 saturated carbocycles. The van der Waals surface area contributed by atoms with E-state index in [1.807, 2.05) is 11.1 Å². The second-order valence-electron chi connectivity index (χ2n) is 11.8. The molecule has 11 heteroatoms. The van der Waals surface area contributed by atoms with Gasteiger partial charge in [0.25, 0.3) is 0 Å². The van der Waals surface area contributed by atoms with Crippen LogP contribution in [0.2, 0.25) is 0 Å². The van der Waals surface area contributed by atoms with Gasteiger partial charge in [0, 0.05) is 31.4 Å². The molecule has 0 aliphatic carbocycles. The summed E-state index contributed by atoms with van der Waals surface area (Å²) in [5.74, 6) is 0.101. The van der Waals surface area contributed by atoms with Gasteiger partial charge in [0.1, 0.15) is 0 Å². The molecule has 1 aliphatic rings. The van der Waals surface area contributed by atoms with E-state index in [4.69, 9.17) is 28.9 Å². The van der Waals surface area contributed by atoms with Crippen molar-refractivity contribution in [1.82, 2.24) is 5.32 Å². The zero-order valence-corrected chi connectivity index (χ0v) is 27.1. The van der Waals surface area contributed by atoms with Gasteiger partial charge in [-0.2, -0.15) is 0 Å². The molecule has 248 valence electrons. The van der Waals surface area contributed by atoms with Crippen molar-refractivity contribution in [1.29, 1.82) is 0 Å². The number of nitrogens with one attached hydrogen (secondary N) is 2. The molecule has 0 fully saturated rings. The number of unbranched alkanes of at least 4 members (excludes halogenated alkanes) is 2. The molecule has 0 bridgehead atoms. The average molecular weight is 612 g/mol. The Morgan fingerprint density at radius 2 is 1.53 bits per heavy atom. The molecular weight excluding hydrogens is 554 g/mol. The number of anilines is 2. The van der Waals surface area contributed by atoms with Crippen LogP contribution in [0.3, 0.4) is 0 Å². The van der Waals surface area contributed by atoms with Gasteiger partial charge in [0.15, 0.2) is 0 Å². The molecule has 1 aromatic rings. The molecule has 1 heterocycles. The molecule has 1 unspecified atom stereocenters. The molecule has 43 heavy (non-hydrogen) atoms. The second-order valence-corrected chi connectivity index (χ2v) is 11.8.